The summed E-state index contributed by atoms with van der Waals surface area (Å²) in [5.74, 6) is -0.365. The van der Waals surface area contributed by atoms with Gasteiger partial charge in [-0.2, -0.15) is 0 Å². The third-order valence-electron chi connectivity index (χ3n) is 0.779. The van der Waals surface area contributed by atoms with Gasteiger partial charge in [0.05, 0.1) is 6.34 Å². The molecule has 0 atom stereocenters. The summed E-state index contributed by atoms with van der Waals surface area (Å²) in [5, 5.41) is 0. The molecule has 0 aliphatic heterocycles. The second-order valence-electron chi connectivity index (χ2n) is 2.32. The standard InChI is InChI=1S/C6H12N2O2/c1-5(9)10-6(2,3)8-4-7/h4H,1-3H3,(H2,7,8). The quantitative estimate of drug-likeness (QED) is 0.344. The molecule has 0 saturated carbocycles. The first kappa shape index (κ1) is 8.94. The van der Waals surface area contributed by atoms with Crippen molar-refractivity contribution in [1.29, 1.82) is 0 Å². The zero-order valence-electron chi connectivity index (χ0n) is 6.42. The molecule has 2 N–H and O–H groups in total. The third-order valence-corrected chi connectivity index (χ3v) is 0.779. The van der Waals surface area contributed by atoms with Crippen LogP contribution in [0.3, 0.4) is 0 Å². The van der Waals surface area contributed by atoms with Crippen molar-refractivity contribution in [2.75, 3.05) is 0 Å². The second-order valence-corrected chi connectivity index (χ2v) is 2.32. The van der Waals surface area contributed by atoms with Crippen molar-refractivity contribution in [2.24, 2.45) is 10.7 Å². The summed E-state index contributed by atoms with van der Waals surface area (Å²) in [6.45, 7) is 4.63. The van der Waals surface area contributed by atoms with Crippen LogP contribution in [0.4, 0.5) is 0 Å². The van der Waals surface area contributed by atoms with Gasteiger partial charge in [0.15, 0.2) is 5.72 Å². The van der Waals surface area contributed by atoms with E-state index in [4.69, 9.17) is 10.5 Å². The molecule has 0 amide bonds. The van der Waals surface area contributed by atoms with E-state index in [-0.39, 0.29) is 5.97 Å². The van der Waals surface area contributed by atoms with Crippen LogP contribution < -0.4 is 5.73 Å². The monoisotopic (exact) mass is 144 g/mol. The Hall–Kier alpha value is -1.06. The first-order chi connectivity index (χ1) is 4.48. The molecule has 0 bridgehead atoms. The number of hydrogen-bond acceptors (Lipinski definition) is 3. The van der Waals surface area contributed by atoms with Crippen molar-refractivity contribution in [1.82, 2.24) is 0 Å². The van der Waals surface area contributed by atoms with E-state index in [1.54, 1.807) is 13.8 Å². The van der Waals surface area contributed by atoms with Gasteiger partial charge in [0.25, 0.3) is 0 Å². The topological polar surface area (TPSA) is 64.7 Å². The highest BCUT2D eigenvalue weighted by atomic mass is 16.6. The van der Waals surface area contributed by atoms with E-state index in [9.17, 15) is 4.79 Å². The smallest absolute Gasteiger partial charge is 0.304 e. The fraction of sp³-hybridized carbons (Fsp3) is 0.667. The van der Waals surface area contributed by atoms with Crippen LogP contribution in [0.1, 0.15) is 20.8 Å². The molecular weight excluding hydrogens is 132 g/mol. The highest BCUT2D eigenvalue weighted by Gasteiger charge is 2.17. The van der Waals surface area contributed by atoms with Gasteiger partial charge in [0.1, 0.15) is 0 Å². The van der Waals surface area contributed by atoms with E-state index in [1.165, 1.54) is 6.92 Å². The van der Waals surface area contributed by atoms with Crippen LogP contribution in [0.2, 0.25) is 0 Å². The van der Waals surface area contributed by atoms with E-state index in [1.807, 2.05) is 0 Å². The number of ether oxygens (including phenoxy) is 1. The maximum absolute atomic E-state index is 10.4. The number of nitrogens with zero attached hydrogens (tertiary/aromatic N) is 1. The van der Waals surface area contributed by atoms with Crippen molar-refractivity contribution in [3.8, 4) is 0 Å². The number of esters is 1. The maximum atomic E-state index is 10.4. The predicted octanol–water partition coefficient (Wildman–Crippen LogP) is 0.273. The Morgan fingerprint density at radius 2 is 2.20 bits per heavy atom. The molecule has 4 heteroatoms. The van der Waals surface area contributed by atoms with E-state index < -0.39 is 5.72 Å². The minimum absolute atomic E-state index is 0.365. The minimum Gasteiger partial charge on any atom is -0.438 e. The number of nitrogens with two attached hydrogens (primary N) is 1. The average molecular weight is 144 g/mol. The van der Waals surface area contributed by atoms with Crippen LogP contribution in [0.15, 0.2) is 4.99 Å². The summed E-state index contributed by atoms with van der Waals surface area (Å²) >= 11 is 0. The lowest BCUT2D eigenvalue weighted by Gasteiger charge is -2.18. The third kappa shape index (κ3) is 3.88. The van der Waals surface area contributed by atoms with Crippen LogP contribution in [0.25, 0.3) is 0 Å². The molecule has 0 unspecified atom stereocenters. The molecule has 0 aromatic heterocycles. The summed E-state index contributed by atoms with van der Waals surface area (Å²) in [5.41, 5.74) is 4.17. The largest absolute Gasteiger partial charge is 0.438 e. The van der Waals surface area contributed by atoms with Gasteiger partial charge < -0.3 is 10.5 Å². The van der Waals surface area contributed by atoms with Crippen LogP contribution in [0, 0.1) is 0 Å². The first-order valence-corrected chi connectivity index (χ1v) is 2.93. The summed E-state index contributed by atoms with van der Waals surface area (Å²) < 4.78 is 4.76. The predicted molar refractivity (Wildman–Crippen MR) is 38.5 cm³/mol. The van der Waals surface area contributed by atoms with Gasteiger partial charge in [0, 0.05) is 6.92 Å². The van der Waals surface area contributed by atoms with E-state index in [0.717, 1.165) is 6.34 Å². The van der Waals surface area contributed by atoms with Crippen molar-refractivity contribution >= 4 is 12.3 Å². The molecule has 0 rings (SSSR count). The highest BCUT2D eigenvalue weighted by Crippen LogP contribution is 2.09. The lowest BCUT2D eigenvalue weighted by Crippen LogP contribution is -2.25. The molecule has 0 radical (unpaired) electrons. The Bertz CT molecular complexity index is 152. The highest BCUT2D eigenvalue weighted by molar-refractivity contribution is 5.66. The molecule has 0 aliphatic rings. The maximum Gasteiger partial charge on any atom is 0.304 e. The number of carbonyl (C=O) groups is 1. The number of aliphatic imine (C=N–C) groups is 1. The molecule has 0 aromatic rings. The average Bonchev–Trinajstić information content (AvgIpc) is 1.59. The molecule has 0 spiro atoms. The van der Waals surface area contributed by atoms with Crippen LogP contribution in [0.5, 0.6) is 0 Å². The van der Waals surface area contributed by atoms with Gasteiger partial charge in [-0.3, -0.25) is 4.79 Å². The summed E-state index contributed by atoms with van der Waals surface area (Å²) in [6, 6.07) is 0. The molecule has 0 heterocycles. The Labute approximate surface area is 60.1 Å². The van der Waals surface area contributed by atoms with Gasteiger partial charge in [-0.25, -0.2) is 4.99 Å². The number of hydrogen-bond donors (Lipinski definition) is 1. The fourth-order valence-electron chi connectivity index (χ4n) is 0.558. The van der Waals surface area contributed by atoms with Gasteiger partial charge >= 0.3 is 5.97 Å². The zero-order chi connectivity index (χ0) is 8.20. The number of rotatable bonds is 2. The molecule has 10 heavy (non-hydrogen) atoms. The summed E-state index contributed by atoms with van der Waals surface area (Å²) in [6.07, 6.45) is 1.11. The lowest BCUT2D eigenvalue weighted by molar-refractivity contribution is -0.152. The Morgan fingerprint density at radius 3 is 2.50 bits per heavy atom. The van der Waals surface area contributed by atoms with E-state index in [0.29, 0.717) is 0 Å². The fourth-order valence-corrected chi connectivity index (χ4v) is 0.558. The zero-order valence-corrected chi connectivity index (χ0v) is 6.42. The Kier molecular flexibility index (Phi) is 2.86. The Morgan fingerprint density at radius 1 is 1.70 bits per heavy atom. The first-order valence-electron chi connectivity index (χ1n) is 2.93. The molecule has 0 aromatic carbocycles. The Balaban J connectivity index is 3.99. The van der Waals surface area contributed by atoms with E-state index in [2.05, 4.69) is 4.99 Å². The van der Waals surface area contributed by atoms with Crippen molar-refractivity contribution in [3.05, 3.63) is 0 Å². The normalized spacial score (nSPS) is 11.9. The van der Waals surface area contributed by atoms with Crippen LogP contribution in [-0.2, 0) is 9.53 Å². The summed E-state index contributed by atoms with van der Waals surface area (Å²) in [4.78, 5) is 14.1. The molecule has 58 valence electrons. The van der Waals surface area contributed by atoms with Crippen molar-refractivity contribution < 1.29 is 9.53 Å². The SMILES string of the molecule is CC(=O)OC(C)(C)N=CN. The number of carbonyl (C=O) groups excluding carboxylic acids is 1. The van der Waals surface area contributed by atoms with Gasteiger partial charge in [-0.05, 0) is 13.8 Å². The molecule has 0 fully saturated rings. The molecular formula is C6H12N2O2. The van der Waals surface area contributed by atoms with Crippen LogP contribution in [-0.4, -0.2) is 18.0 Å². The summed E-state index contributed by atoms with van der Waals surface area (Å²) in [7, 11) is 0. The van der Waals surface area contributed by atoms with Crippen molar-refractivity contribution in [3.63, 3.8) is 0 Å². The van der Waals surface area contributed by atoms with Gasteiger partial charge in [-0.1, -0.05) is 0 Å². The van der Waals surface area contributed by atoms with E-state index >= 15 is 0 Å². The lowest BCUT2D eigenvalue weighted by atomic mass is 10.3. The molecule has 0 aliphatic carbocycles. The molecule has 4 nitrogen and oxygen atoms in total. The van der Waals surface area contributed by atoms with Crippen molar-refractivity contribution in [2.45, 2.75) is 26.5 Å². The van der Waals surface area contributed by atoms with Gasteiger partial charge in [0.2, 0.25) is 0 Å². The second kappa shape index (κ2) is 3.20. The molecule has 0 saturated heterocycles. The van der Waals surface area contributed by atoms with Gasteiger partial charge in [-0.15, -0.1) is 0 Å². The minimum atomic E-state index is -0.833. The van der Waals surface area contributed by atoms with Crippen LogP contribution >= 0.6 is 0 Å².